The quantitative estimate of drug-likeness (QED) is 0.655. The second-order valence-electron chi connectivity index (χ2n) is 4.80. The fourth-order valence-corrected chi connectivity index (χ4v) is 2.35. The van der Waals surface area contributed by atoms with E-state index in [0.29, 0.717) is 19.4 Å². The van der Waals surface area contributed by atoms with Gasteiger partial charge in [0, 0.05) is 6.42 Å². The number of carbonyl (C=O) groups excluding carboxylic acids is 1. The lowest BCUT2D eigenvalue weighted by Gasteiger charge is -2.21. The van der Waals surface area contributed by atoms with Gasteiger partial charge in [-0.2, -0.15) is 0 Å². The number of rotatable bonds is 5. The van der Waals surface area contributed by atoms with Crippen LogP contribution in [-0.2, 0) is 16.0 Å². The van der Waals surface area contributed by atoms with E-state index in [1.165, 1.54) is 12.7 Å². The molecule has 2 rings (SSSR count). The molecule has 0 saturated heterocycles. The molecule has 1 atom stereocenters. The van der Waals surface area contributed by atoms with Gasteiger partial charge in [0.1, 0.15) is 5.75 Å². The van der Waals surface area contributed by atoms with Crippen molar-refractivity contribution in [3.8, 4) is 5.75 Å². The minimum Gasteiger partial charge on any atom is -0.494 e. The monoisotopic (exact) mass is 264 g/mol. The second-order valence-corrected chi connectivity index (χ2v) is 4.80. The van der Waals surface area contributed by atoms with Gasteiger partial charge in [0.25, 0.3) is 0 Å². The van der Waals surface area contributed by atoms with Gasteiger partial charge in [-0.3, -0.25) is 4.79 Å². The van der Waals surface area contributed by atoms with Gasteiger partial charge in [-0.25, -0.2) is 0 Å². The maximum absolute atomic E-state index is 10.9. The number of ether oxygens (including phenoxy) is 2. The Balaban J connectivity index is 1.88. The maximum Gasteiger partial charge on any atom is 0.305 e. The molecule has 4 nitrogen and oxygen atoms in total. The summed E-state index contributed by atoms with van der Waals surface area (Å²) < 4.78 is 10.2. The van der Waals surface area contributed by atoms with Gasteiger partial charge < -0.3 is 14.6 Å². The number of aliphatic hydroxyl groups is 1. The summed E-state index contributed by atoms with van der Waals surface area (Å²) in [6.45, 7) is 0.476. The molecule has 0 radical (unpaired) electrons. The second kappa shape index (κ2) is 6.57. The topological polar surface area (TPSA) is 55.8 Å². The van der Waals surface area contributed by atoms with Crippen molar-refractivity contribution in [2.75, 3.05) is 13.7 Å². The first kappa shape index (κ1) is 13.9. The molecule has 0 spiro atoms. The van der Waals surface area contributed by atoms with Gasteiger partial charge in [0.05, 0.1) is 19.8 Å². The third kappa shape index (κ3) is 3.70. The molecule has 0 unspecified atom stereocenters. The van der Waals surface area contributed by atoms with Crippen molar-refractivity contribution in [2.24, 2.45) is 0 Å². The SMILES string of the molecule is COC(=O)CCCOc1ccc2c(c1)[C@@H](O)CCC2. The van der Waals surface area contributed by atoms with Gasteiger partial charge in [-0.15, -0.1) is 0 Å². The van der Waals surface area contributed by atoms with E-state index in [2.05, 4.69) is 4.74 Å². The van der Waals surface area contributed by atoms with Crippen LogP contribution in [-0.4, -0.2) is 24.8 Å². The fraction of sp³-hybridized carbons (Fsp3) is 0.533. The van der Waals surface area contributed by atoms with Gasteiger partial charge >= 0.3 is 5.97 Å². The highest BCUT2D eigenvalue weighted by Gasteiger charge is 2.18. The molecular formula is C15H20O4. The molecular weight excluding hydrogens is 244 g/mol. The Bertz CT molecular complexity index is 442. The highest BCUT2D eigenvalue weighted by Crippen LogP contribution is 2.32. The molecule has 0 saturated carbocycles. The van der Waals surface area contributed by atoms with Crippen molar-refractivity contribution < 1.29 is 19.4 Å². The summed E-state index contributed by atoms with van der Waals surface area (Å²) in [6.07, 6.45) is 3.50. The summed E-state index contributed by atoms with van der Waals surface area (Å²) in [5, 5.41) is 9.95. The normalized spacial score (nSPS) is 17.7. The van der Waals surface area contributed by atoms with Crippen molar-refractivity contribution in [1.82, 2.24) is 0 Å². The molecule has 0 aliphatic heterocycles. The number of carbonyl (C=O) groups is 1. The van der Waals surface area contributed by atoms with Gasteiger partial charge in [0.2, 0.25) is 0 Å². The lowest BCUT2D eigenvalue weighted by Crippen LogP contribution is -2.10. The Kier molecular flexibility index (Phi) is 4.80. The largest absolute Gasteiger partial charge is 0.494 e. The number of fused-ring (bicyclic) bond motifs is 1. The molecule has 0 fully saturated rings. The number of hydrogen-bond acceptors (Lipinski definition) is 4. The summed E-state index contributed by atoms with van der Waals surface area (Å²) >= 11 is 0. The van der Waals surface area contributed by atoms with E-state index in [-0.39, 0.29) is 12.1 Å². The Morgan fingerprint density at radius 2 is 2.32 bits per heavy atom. The first-order chi connectivity index (χ1) is 9.20. The van der Waals surface area contributed by atoms with E-state index < -0.39 is 0 Å². The van der Waals surface area contributed by atoms with E-state index in [0.717, 1.165) is 30.6 Å². The lowest BCUT2D eigenvalue weighted by molar-refractivity contribution is -0.140. The third-order valence-electron chi connectivity index (χ3n) is 3.42. The van der Waals surface area contributed by atoms with Crippen molar-refractivity contribution >= 4 is 5.97 Å². The van der Waals surface area contributed by atoms with Crippen LogP contribution in [0, 0.1) is 0 Å². The van der Waals surface area contributed by atoms with Gasteiger partial charge in [-0.05, 0) is 48.9 Å². The van der Waals surface area contributed by atoms with Crippen LogP contribution in [0.25, 0.3) is 0 Å². The van der Waals surface area contributed by atoms with Crippen LogP contribution < -0.4 is 4.74 Å². The first-order valence-corrected chi connectivity index (χ1v) is 6.71. The fourth-order valence-electron chi connectivity index (χ4n) is 2.35. The Morgan fingerprint density at radius 3 is 3.11 bits per heavy atom. The zero-order valence-electron chi connectivity index (χ0n) is 11.2. The number of benzene rings is 1. The standard InChI is InChI=1S/C15H20O4/c1-18-15(17)6-3-9-19-12-8-7-11-4-2-5-14(16)13(11)10-12/h7-8,10,14,16H,2-6,9H2,1H3/t14-/m0/s1. The average molecular weight is 264 g/mol. The van der Waals surface area contributed by atoms with Gasteiger partial charge in [-0.1, -0.05) is 6.07 Å². The van der Waals surface area contributed by atoms with E-state index in [9.17, 15) is 9.90 Å². The van der Waals surface area contributed by atoms with Crippen LogP contribution in [0.3, 0.4) is 0 Å². The van der Waals surface area contributed by atoms with Crippen LogP contribution in [0.15, 0.2) is 18.2 Å². The molecule has 1 N–H and O–H groups in total. The Morgan fingerprint density at radius 1 is 1.47 bits per heavy atom. The zero-order valence-corrected chi connectivity index (χ0v) is 11.2. The highest BCUT2D eigenvalue weighted by atomic mass is 16.5. The van der Waals surface area contributed by atoms with Crippen molar-refractivity contribution in [1.29, 1.82) is 0 Å². The van der Waals surface area contributed by atoms with Crippen LogP contribution in [0.5, 0.6) is 5.75 Å². The molecule has 104 valence electrons. The minimum atomic E-state index is -0.373. The average Bonchev–Trinajstić information content (AvgIpc) is 2.44. The predicted octanol–water partition coefficient (Wildman–Crippen LogP) is 2.39. The highest BCUT2D eigenvalue weighted by molar-refractivity contribution is 5.69. The zero-order chi connectivity index (χ0) is 13.7. The van der Waals surface area contributed by atoms with Gasteiger partial charge in [0.15, 0.2) is 0 Å². The summed E-state index contributed by atoms with van der Waals surface area (Å²) in [6, 6.07) is 5.86. The number of aryl methyl sites for hydroxylation is 1. The van der Waals surface area contributed by atoms with Crippen LogP contribution in [0.4, 0.5) is 0 Å². The van der Waals surface area contributed by atoms with Crippen LogP contribution in [0.1, 0.15) is 42.9 Å². The van der Waals surface area contributed by atoms with Crippen LogP contribution in [0.2, 0.25) is 0 Å². The predicted molar refractivity (Wildman–Crippen MR) is 71.1 cm³/mol. The van der Waals surface area contributed by atoms with Crippen molar-refractivity contribution in [2.45, 2.75) is 38.2 Å². The van der Waals surface area contributed by atoms with Crippen molar-refractivity contribution in [3.63, 3.8) is 0 Å². The van der Waals surface area contributed by atoms with E-state index in [1.807, 2.05) is 18.2 Å². The lowest BCUT2D eigenvalue weighted by atomic mass is 9.89. The third-order valence-corrected chi connectivity index (χ3v) is 3.42. The summed E-state index contributed by atoms with van der Waals surface area (Å²) in [7, 11) is 1.38. The number of esters is 1. The summed E-state index contributed by atoms with van der Waals surface area (Å²) in [5.41, 5.74) is 2.19. The number of hydrogen-bond donors (Lipinski definition) is 1. The number of aliphatic hydroxyl groups excluding tert-OH is 1. The Labute approximate surface area is 113 Å². The molecule has 0 bridgehead atoms. The molecule has 0 amide bonds. The summed E-state index contributed by atoms with van der Waals surface area (Å²) in [4.78, 5) is 10.9. The first-order valence-electron chi connectivity index (χ1n) is 6.71. The molecule has 1 aliphatic carbocycles. The summed E-state index contributed by atoms with van der Waals surface area (Å²) in [5.74, 6) is 0.536. The molecule has 0 aromatic heterocycles. The molecule has 4 heteroatoms. The Hall–Kier alpha value is -1.55. The molecule has 1 aliphatic rings. The van der Waals surface area contributed by atoms with E-state index in [1.54, 1.807) is 0 Å². The molecule has 19 heavy (non-hydrogen) atoms. The smallest absolute Gasteiger partial charge is 0.305 e. The minimum absolute atomic E-state index is 0.218. The maximum atomic E-state index is 10.9. The molecule has 0 heterocycles. The molecule has 1 aromatic rings. The van der Waals surface area contributed by atoms with Crippen LogP contribution >= 0.6 is 0 Å². The van der Waals surface area contributed by atoms with Crippen molar-refractivity contribution in [3.05, 3.63) is 29.3 Å². The molecule has 1 aromatic carbocycles. The van der Waals surface area contributed by atoms with E-state index in [4.69, 9.17) is 4.74 Å². The van der Waals surface area contributed by atoms with E-state index >= 15 is 0 Å². The number of methoxy groups -OCH3 is 1.